The Kier molecular flexibility index (Phi) is 13.5. The fourth-order valence-corrected chi connectivity index (χ4v) is 6.00. The van der Waals surface area contributed by atoms with Crippen LogP contribution in [0, 0.1) is 35.0 Å². The number of ether oxygens (including phenoxy) is 3. The maximum atomic E-state index is 12.5. The Morgan fingerprint density at radius 1 is 0.944 bits per heavy atom. The second-order valence-electron chi connectivity index (χ2n) is 12.0. The summed E-state index contributed by atoms with van der Waals surface area (Å²) in [5.41, 5.74) is -0.662. The minimum absolute atomic E-state index is 0.0574. The summed E-state index contributed by atoms with van der Waals surface area (Å²) in [7, 11) is 1.51. The van der Waals surface area contributed by atoms with Crippen LogP contribution in [0.4, 0.5) is 0 Å². The Morgan fingerprint density at radius 3 is 2.08 bits per heavy atom. The van der Waals surface area contributed by atoms with Gasteiger partial charge in [0, 0.05) is 13.0 Å². The SMILES string of the molecule is C=C(COC)C(=O)OCC(COC(=O)C(C)(C)CO)C1CCC(C2CCC(CCCCC)CC2)CC1. The molecule has 0 radical (unpaired) electrons. The molecule has 0 aromatic heterocycles. The van der Waals surface area contributed by atoms with Crippen LogP contribution in [0.2, 0.25) is 0 Å². The molecule has 1 N–H and O–H groups in total. The zero-order chi connectivity index (χ0) is 26.6. The topological polar surface area (TPSA) is 82.1 Å². The highest BCUT2D eigenvalue weighted by Gasteiger charge is 2.35. The van der Waals surface area contributed by atoms with E-state index in [0.29, 0.717) is 5.92 Å². The van der Waals surface area contributed by atoms with Gasteiger partial charge in [-0.1, -0.05) is 52.0 Å². The van der Waals surface area contributed by atoms with Gasteiger partial charge in [0.2, 0.25) is 0 Å². The molecular weight excluding hydrogens is 456 g/mol. The molecule has 6 nitrogen and oxygen atoms in total. The zero-order valence-corrected chi connectivity index (χ0v) is 23.4. The third-order valence-corrected chi connectivity index (χ3v) is 8.67. The summed E-state index contributed by atoms with van der Waals surface area (Å²) < 4.78 is 16.1. The molecule has 0 saturated heterocycles. The van der Waals surface area contributed by atoms with E-state index >= 15 is 0 Å². The van der Waals surface area contributed by atoms with E-state index in [0.717, 1.165) is 30.6 Å². The highest BCUT2D eigenvalue weighted by Crippen LogP contribution is 2.44. The average Bonchev–Trinajstić information content (AvgIpc) is 2.89. The van der Waals surface area contributed by atoms with Crippen molar-refractivity contribution in [3.63, 3.8) is 0 Å². The molecule has 208 valence electrons. The van der Waals surface area contributed by atoms with E-state index in [1.807, 2.05) is 0 Å². The Balaban J connectivity index is 1.88. The minimum atomic E-state index is -0.943. The summed E-state index contributed by atoms with van der Waals surface area (Å²) in [6, 6.07) is 0. The predicted octanol–water partition coefficient (Wildman–Crippen LogP) is 6.10. The van der Waals surface area contributed by atoms with Crippen LogP contribution in [0.5, 0.6) is 0 Å². The van der Waals surface area contributed by atoms with Gasteiger partial charge in [-0.05, 0) is 76.0 Å². The molecule has 6 heteroatoms. The summed E-state index contributed by atoms with van der Waals surface area (Å²) >= 11 is 0. The molecule has 0 amide bonds. The van der Waals surface area contributed by atoms with Crippen molar-refractivity contribution in [3.05, 3.63) is 12.2 Å². The van der Waals surface area contributed by atoms with Gasteiger partial charge in [-0.2, -0.15) is 0 Å². The van der Waals surface area contributed by atoms with Gasteiger partial charge in [0.25, 0.3) is 0 Å². The number of esters is 2. The fourth-order valence-electron chi connectivity index (χ4n) is 6.00. The molecule has 2 saturated carbocycles. The van der Waals surface area contributed by atoms with Crippen LogP contribution in [-0.2, 0) is 23.8 Å². The minimum Gasteiger partial charge on any atom is -0.465 e. The van der Waals surface area contributed by atoms with Gasteiger partial charge >= 0.3 is 11.9 Å². The first kappa shape index (κ1) is 30.8. The molecular formula is C30H52O6. The lowest BCUT2D eigenvalue weighted by Gasteiger charge is -2.39. The summed E-state index contributed by atoms with van der Waals surface area (Å²) in [5.74, 6) is 1.98. The highest BCUT2D eigenvalue weighted by molar-refractivity contribution is 5.87. The van der Waals surface area contributed by atoms with Crippen LogP contribution in [0.15, 0.2) is 12.2 Å². The molecule has 0 spiro atoms. The average molecular weight is 509 g/mol. The molecule has 2 aliphatic carbocycles. The number of hydrogen-bond acceptors (Lipinski definition) is 6. The third kappa shape index (κ3) is 9.81. The highest BCUT2D eigenvalue weighted by atomic mass is 16.5. The van der Waals surface area contributed by atoms with Crippen LogP contribution in [-0.4, -0.2) is 50.6 Å². The van der Waals surface area contributed by atoms with Gasteiger partial charge < -0.3 is 19.3 Å². The molecule has 36 heavy (non-hydrogen) atoms. The van der Waals surface area contributed by atoms with Crippen LogP contribution < -0.4 is 0 Å². The van der Waals surface area contributed by atoms with E-state index in [-0.39, 0.29) is 37.9 Å². The number of methoxy groups -OCH3 is 1. The number of aliphatic hydroxyl groups excluding tert-OH is 1. The van der Waals surface area contributed by atoms with Gasteiger partial charge in [0.05, 0.1) is 37.4 Å². The predicted molar refractivity (Wildman–Crippen MR) is 142 cm³/mol. The number of rotatable bonds is 15. The zero-order valence-electron chi connectivity index (χ0n) is 23.4. The Labute approximate surface area is 219 Å². The lowest BCUT2D eigenvalue weighted by Crippen LogP contribution is -2.36. The standard InChI is InChI=1S/C30H52O6/c1-6-7-8-9-23-10-12-24(13-11-23)25-14-16-26(17-15-25)27(19-35-28(32)22(2)18-34-5)20-36-29(33)30(3,4)21-31/h23-27,31H,2,6-21H2,1,3-5H3. The molecule has 0 aliphatic heterocycles. The van der Waals surface area contributed by atoms with E-state index in [1.165, 1.54) is 71.3 Å². The molecule has 0 bridgehead atoms. The lowest BCUT2D eigenvalue weighted by molar-refractivity contribution is -0.159. The Bertz CT molecular complexity index is 671. The van der Waals surface area contributed by atoms with Crippen molar-refractivity contribution in [2.45, 2.75) is 97.8 Å². The molecule has 0 aromatic carbocycles. The number of unbranched alkanes of at least 4 members (excludes halogenated alkanes) is 2. The first-order valence-electron chi connectivity index (χ1n) is 14.3. The third-order valence-electron chi connectivity index (χ3n) is 8.67. The van der Waals surface area contributed by atoms with E-state index in [2.05, 4.69) is 13.5 Å². The smallest absolute Gasteiger partial charge is 0.335 e. The van der Waals surface area contributed by atoms with E-state index in [4.69, 9.17) is 14.2 Å². The monoisotopic (exact) mass is 508 g/mol. The molecule has 0 aromatic rings. The lowest BCUT2D eigenvalue weighted by atomic mass is 9.67. The van der Waals surface area contributed by atoms with E-state index < -0.39 is 17.4 Å². The Hall–Kier alpha value is -1.40. The maximum absolute atomic E-state index is 12.5. The molecule has 2 aliphatic rings. The van der Waals surface area contributed by atoms with Crippen molar-refractivity contribution in [1.29, 1.82) is 0 Å². The van der Waals surface area contributed by atoms with E-state index in [1.54, 1.807) is 13.8 Å². The summed E-state index contributed by atoms with van der Waals surface area (Å²) in [6.45, 7) is 9.61. The van der Waals surface area contributed by atoms with Crippen molar-refractivity contribution >= 4 is 11.9 Å². The van der Waals surface area contributed by atoms with E-state index in [9.17, 15) is 14.7 Å². The van der Waals surface area contributed by atoms with Crippen molar-refractivity contribution in [2.24, 2.45) is 35.0 Å². The molecule has 0 heterocycles. The number of aliphatic hydroxyl groups is 1. The van der Waals surface area contributed by atoms with Crippen LogP contribution >= 0.6 is 0 Å². The normalized spacial score (nSPS) is 25.7. The van der Waals surface area contributed by atoms with Crippen molar-refractivity contribution in [1.82, 2.24) is 0 Å². The van der Waals surface area contributed by atoms with Gasteiger partial charge in [-0.25, -0.2) is 4.79 Å². The van der Waals surface area contributed by atoms with Crippen LogP contribution in [0.25, 0.3) is 0 Å². The number of hydrogen-bond donors (Lipinski definition) is 1. The number of carbonyl (C=O) groups excluding carboxylic acids is 2. The molecule has 2 fully saturated rings. The second-order valence-corrected chi connectivity index (χ2v) is 12.0. The maximum Gasteiger partial charge on any atom is 0.335 e. The first-order chi connectivity index (χ1) is 17.2. The van der Waals surface area contributed by atoms with Crippen molar-refractivity contribution in [3.8, 4) is 0 Å². The van der Waals surface area contributed by atoms with Gasteiger partial charge in [-0.3, -0.25) is 4.79 Å². The van der Waals surface area contributed by atoms with Gasteiger partial charge in [-0.15, -0.1) is 0 Å². The van der Waals surface area contributed by atoms with Gasteiger partial charge in [0.15, 0.2) is 0 Å². The summed E-state index contributed by atoms with van der Waals surface area (Å²) in [5, 5.41) is 9.50. The second kappa shape index (κ2) is 15.8. The summed E-state index contributed by atoms with van der Waals surface area (Å²) in [4.78, 5) is 24.8. The van der Waals surface area contributed by atoms with Crippen LogP contribution in [0.3, 0.4) is 0 Å². The molecule has 2 rings (SSSR count). The van der Waals surface area contributed by atoms with Crippen LogP contribution in [0.1, 0.15) is 97.8 Å². The number of carbonyl (C=O) groups is 2. The van der Waals surface area contributed by atoms with Crippen molar-refractivity contribution < 1.29 is 28.9 Å². The first-order valence-corrected chi connectivity index (χ1v) is 14.3. The Morgan fingerprint density at radius 2 is 1.53 bits per heavy atom. The largest absolute Gasteiger partial charge is 0.465 e. The van der Waals surface area contributed by atoms with Gasteiger partial charge in [0.1, 0.15) is 0 Å². The molecule has 1 unspecified atom stereocenters. The quantitative estimate of drug-likeness (QED) is 0.163. The molecule has 1 atom stereocenters. The van der Waals surface area contributed by atoms with Crippen molar-refractivity contribution in [2.75, 3.05) is 33.5 Å². The summed E-state index contributed by atoms with van der Waals surface area (Å²) in [6.07, 6.45) is 15.6. The fraction of sp³-hybridized carbons (Fsp3) is 0.867.